The lowest BCUT2D eigenvalue weighted by Crippen LogP contribution is -2.58. The first-order valence-corrected chi connectivity index (χ1v) is 10.6. The fourth-order valence-electron chi connectivity index (χ4n) is 4.18. The fraction of sp³-hybridized carbons (Fsp3) is 0.435. The summed E-state index contributed by atoms with van der Waals surface area (Å²) in [7, 11) is 0. The van der Waals surface area contributed by atoms with Crippen molar-refractivity contribution in [2.45, 2.75) is 44.6 Å². The average Bonchev–Trinajstić information content (AvgIpc) is 2.68. The molecule has 3 N–H and O–H groups in total. The molecule has 30 heavy (non-hydrogen) atoms. The molecular weight excluding hydrogens is 402 g/mol. The lowest BCUT2D eigenvalue weighted by Gasteiger charge is -2.41. The van der Waals surface area contributed by atoms with E-state index in [-0.39, 0.29) is 12.3 Å². The summed E-state index contributed by atoms with van der Waals surface area (Å²) in [5, 5.41) is 10.0. The molecule has 1 fully saturated rings. The van der Waals surface area contributed by atoms with E-state index in [2.05, 4.69) is 4.98 Å². The monoisotopic (exact) mass is 429 g/mol. The van der Waals surface area contributed by atoms with E-state index in [9.17, 15) is 14.7 Å². The van der Waals surface area contributed by atoms with Crippen LogP contribution in [0.5, 0.6) is 0 Å². The van der Waals surface area contributed by atoms with Crippen molar-refractivity contribution in [3.05, 3.63) is 64.4 Å². The number of nitrogens with zero attached hydrogens (tertiary/aromatic N) is 2. The highest BCUT2D eigenvalue weighted by Crippen LogP contribution is 2.26. The summed E-state index contributed by atoms with van der Waals surface area (Å²) < 4.78 is 0. The molecule has 0 aliphatic carbocycles. The number of likely N-dealkylation sites (tertiary alicyclic amines) is 1. The van der Waals surface area contributed by atoms with E-state index < -0.39 is 17.4 Å². The van der Waals surface area contributed by atoms with Gasteiger partial charge < -0.3 is 15.7 Å². The lowest BCUT2D eigenvalue weighted by atomic mass is 9.83. The molecule has 1 aliphatic heterocycles. The van der Waals surface area contributed by atoms with Crippen LogP contribution in [0.2, 0.25) is 5.02 Å². The summed E-state index contributed by atoms with van der Waals surface area (Å²) in [6, 6.07) is 13.2. The quantitative estimate of drug-likeness (QED) is 0.704. The average molecular weight is 430 g/mol. The van der Waals surface area contributed by atoms with Crippen molar-refractivity contribution in [3.63, 3.8) is 0 Å². The molecule has 0 spiro atoms. The molecule has 3 rings (SSSR count). The van der Waals surface area contributed by atoms with E-state index >= 15 is 0 Å². The zero-order valence-electron chi connectivity index (χ0n) is 17.2. The first-order valence-electron chi connectivity index (χ1n) is 10.2. The number of aliphatic carboxylic acids is 1. The van der Waals surface area contributed by atoms with Gasteiger partial charge in [0.15, 0.2) is 0 Å². The van der Waals surface area contributed by atoms with Gasteiger partial charge in [-0.2, -0.15) is 0 Å². The zero-order chi connectivity index (χ0) is 21.7. The Labute approximate surface area is 182 Å². The molecule has 160 valence electrons. The first-order chi connectivity index (χ1) is 14.2. The third-order valence-electron chi connectivity index (χ3n) is 5.56. The minimum Gasteiger partial charge on any atom is -0.481 e. The number of rotatable bonds is 7. The number of carboxylic acid groups (broad SMARTS) is 1. The topological polar surface area (TPSA) is 96.5 Å². The molecule has 1 unspecified atom stereocenters. The predicted octanol–water partition coefficient (Wildman–Crippen LogP) is 3.24. The van der Waals surface area contributed by atoms with Crippen molar-refractivity contribution in [3.8, 4) is 0 Å². The van der Waals surface area contributed by atoms with E-state index in [4.69, 9.17) is 17.3 Å². The van der Waals surface area contributed by atoms with Gasteiger partial charge in [-0.15, -0.1) is 0 Å². The predicted molar refractivity (Wildman–Crippen MR) is 116 cm³/mol. The van der Waals surface area contributed by atoms with Crippen LogP contribution >= 0.6 is 11.6 Å². The molecule has 2 aromatic rings. The van der Waals surface area contributed by atoms with Crippen LogP contribution in [0.1, 0.15) is 36.2 Å². The molecule has 2 heterocycles. The summed E-state index contributed by atoms with van der Waals surface area (Å²) in [4.78, 5) is 30.9. The van der Waals surface area contributed by atoms with Crippen LogP contribution in [0.4, 0.5) is 0 Å². The molecule has 0 radical (unpaired) electrons. The molecule has 2 atom stereocenters. The minimum atomic E-state index is -0.988. The number of carbonyl (C=O) groups excluding carboxylic acids is 1. The molecule has 0 bridgehead atoms. The highest BCUT2D eigenvalue weighted by molar-refractivity contribution is 6.30. The van der Waals surface area contributed by atoms with Crippen LogP contribution in [-0.2, 0) is 22.4 Å². The number of pyridine rings is 1. The van der Waals surface area contributed by atoms with Gasteiger partial charge in [-0.3, -0.25) is 14.6 Å². The van der Waals surface area contributed by atoms with Crippen molar-refractivity contribution in [1.29, 1.82) is 0 Å². The number of aryl methyl sites for hydroxylation is 1. The van der Waals surface area contributed by atoms with Crippen LogP contribution in [0.25, 0.3) is 0 Å². The Morgan fingerprint density at radius 1 is 1.27 bits per heavy atom. The van der Waals surface area contributed by atoms with Crippen LogP contribution in [0.3, 0.4) is 0 Å². The standard InChI is InChI=1S/C23H28ClN3O3/c1-16-4-2-5-20(26-16)12-18(13-21(28)29)22(30)27-11-3-10-23(25,15-27)14-17-6-8-19(24)9-7-17/h2,4-9,18H,3,10-15,25H2,1H3,(H,28,29)/t18?,23-/m1/s1. The number of carboxylic acids is 1. The van der Waals surface area contributed by atoms with E-state index in [0.29, 0.717) is 31.0 Å². The van der Waals surface area contributed by atoms with Gasteiger partial charge >= 0.3 is 5.97 Å². The molecular formula is C23H28ClN3O3. The number of hydrogen-bond donors (Lipinski definition) is 2. The molecule has 1 aliphatic rings. The van der Waals surface area contributed by atoms with Crippen molar-refractivity contribution in [2.75, 3.05) is 13.1 Å². The number of hydrogen-bond acceptors (Lipinski definition) is 4. The van der Waals surface area contributed by atoms with Crippen LogP contribution < -0.4 is 5.73 Å². The zero-order valence-corrected chi connectivity index (χ0v) is 17.9. The van der Waals surface area contributed by atoms with Gasteiger partial charge in [0.05, 0.1) is 12.3 Å². The second-order valence-electron chi connectivity index (χ2n) is 8.30. The van der Waals surface area contributed by atoms with Crippen LogP contribution in [-0.4, -0.2) is 45.5 Å². The SMILES string of the molecule is Cc1cccc(CC(CC(=O)O)C(=O)N2CCC[C@@](N)(Cc3ccc(Cl)cc3)C2)n1. The Morgan fingerprint density at radius 2 is 2.00 bits per heavy atom. The fourth-order valence-corrected chi connectivity index (χ4v) is 4.31. The Bertz CT molecular complexity index is 903. The van der Waals surface area contributed by atoms with E-state index in [1.807, 2.05) is 49.4 Å². The van der Waals surface area contributed by atoms with Gasteiger partial charge in [-0.25, -0.2) is 0 Å². The number of aromatic nitrogens is 1. The van der Waals surface area contributed by atoms with Gasteiger partial charge in [0.1, 0.15) is 0 Å². The highest BCUT2D eigenvalue weighted by Gasteiger charge is 2.36. The summed E-state index contributed by atoms with van der Waals surface area (Å²) in [6.45, 7) is 2.88. The van der Waals surface area contributed by atoms with Gasteiger partial charge in [0.2, 0.25) is 5.91 Å². The van der Waals surface area contributed by atoms with Crippen LogP contribution in [0.15, 0.2) is 42.5 Å². The molecule has 7 heteroatoms. The number of piperidine rings is 1. The molecule has 1 amide bonds. The third kappa shape index (κ3) is 6.03. The van der Waals surface area contributed by atoms with Gasteiger partial charge in [-0.1, -0.05) is 29.8 Å². The number of halogens is 1. The molecule has 1 saturated heterocycles. The van der Waals surface area contributed by atoms with Crippen molar-refractivity contribution in [2.24, 2.45) is 11.7 Å². The lowest BCUT2D eigenvalue weighted by molar-refractivity contribution is -0.145. The summed E-state index contributed by atoms with van der Waals surface area (Å²) in [5.74, 6) is -1.81. The van der Waals surface area contributed by atoms with E-state index in [1.54, 1.807) is 4.90 Å². The summed E-state index contributed by atoms with van der Waals surface area (Å²) >= 11 is 5.97. The number of amides is 1. The molecule has 1 aromatic heterocycles. The first kappa shape index (κ1) is 22.2. The smallest absolute Gasteiger partial charge is 0.304 e. The minimum absolute atomic E-state index is 0.161. The van der Waals surface area contributed by atoms with Crippen LogP contribution in [0, 0.1) is 12.8 Å². The van der Waals surface area contributed by atoms with Crippen molar-refractivity contribution >= 4 is 23.5 Å². The third-order valence-corrected chi connectivity index (χ3v) is 5.81. The normalized spacial score (nSPS) is 20.0. The van der Waals surface area contributed by atoms with Crippen molar-refractivity contribution in [1.82, 2.24) is 9.88 Å². The van der Waals surface area contributed by atoms with Crippen molar-refractivity contribution < 1.29 is 14.7 Å². The second kappa shape index (κ2) is 9.58. The second-order valence-corrected chi connectivity index (χ2v) is 8.73. The maximum Gasteiger partial charge on any atom is 0.304 e. The Kier molecular flexibility index (Phi) is 7.10. The summed E-state index contributed by atoms with van der Waals surface area (Å²) in [6.07, 6.45) is 2.31. The van der Waals surface area contributed by atoms with Gasteiger partial charge in [0.25, 0.3) is 0 Å². The Morgan fingerprint density at radius 3 is 2.67 bits per heavy atom. The number of benzene rings is 1. The molecule has 1 aromatic carbocycles. The largest absolute Gasteiger partial charge is 0.481 e. The van der Waals surface area contributed by atoms with Gasteiger partial charge in [0, 0.05) is 41.5 Å². The Balaban J connectivity index is 1.73. The van der Waals surface area contributed by atoms with Gasteiger partial charge in [-0.05, 0) is 56.0 Å². The Hall–Kier alpha value is -2.44. The maximum atomic E-state index is 13.3. The molecule has 6 nitrogen and oxygen atoms in total. The molecule has 0 saturated carbocycles. The highest BCUT2D eigenvalue weighted by atomic mass is 35.5. The number of carbonyl (C=O) groups is 2. The van der Waals surface area contributed by atoms with E-state index in [1.165, 1.54) is 0 Å². The number of nitrogens with two attached hydrogens (primary N) is 1. The maximum absolute atomic E-state index is 13.3. The summed E-state index contributed by atoms with van der Waals surface area (Å²) in [5.41, 5.74) is 8.77. The van der Waals surface area contributed by atoms with E-state index in [0.717, 1.165) is 29.8 Å².